The number of hydrogen-bond donors (Lipinski definition) is 0. The van der Waals surface area contributed by atoms with Gasteiger partial charge in [0.05, 0.1) is 22.5 Å². The van der Waals surface area contributed by atoms with Crippen molar-refractivity contribution in [1.29, 1.82) is 0 Å². The number of nitrogens with zero attached hydrogens (tertiary/aromatic N) is 3. The highest BCUT2D eigenvalue weighted by Gasteiger charge is 2.30. The van der Waals surface area contributed by atoms with E-state index in [0.29, 0.717) is 36.6 Å². The van der Waals surface area contributed by atoms with Gasteiger partial charge in [0.1, 0.15) is 5.75 Å². The Hall–Kier alpha value is -2.03. The van der Waals surface area contributed by atoms with Crippen LogP contribution in [0.15, 0.2) is 52.5 Å². The highest BCUT2D eigenvalue weighted by atomic mass is 32.2. The molecule has 1 aliphatic carbocycles. The Balaban J connectivity index is 1.44. The molecule has 2 fully saturated rings. The molecule has 0 bridgehead atoms. The van der Waals surface area contributed by atoms with Crippen LogP contribution in [0.4, 0.5) is 0 Å². The molecule has 0 amide bonds. The van der Waals surface area contributed by atoms with E-state index in [1.165, 1.54) is 18.4 Å². The van der Waals surface area contributed by atoms with E-state index in [4.69, 9.17) is 9.72 Å². The van der Waals surface area contributed by atoms with Gasteiger partial charge >= 0.3 is 0 Å². The second-order valence-corrected chi connectivity index (χ2v) is 12.7. The highest BCUT2D eigenvalue weighted by Crippen LogP contribution is 2.38. The number of sulfonamides is 1. The third kappa shape index (κ3) is 5.25. The normalized spacial score (nSPS) is 20.0. The summed E-state index contributed by atoms with van der Waals surface area (Å²) in [7, 11) is -3.51. The summed E-state index contributed by atoms with van der Waals surface area (Å²) < 4.78 is 36.3. The molecule has 1 atom stereocenters. The van der Waals surface area contributed by atoms with Crippen LogP contribution in [0.3, 0.4) is 0 Å². The zero-order chi connectivity index (χ0) is 24.4. The average Bonchev–Trinajstić information content (AvgIpc) is 3.51. The summed E-state index contributed by atoms with van der Waals surface area (Å²) >= 11 is 1.72. The number of rotatable bonds is 8. The molecule has 0 spiro atoms. The minimum Gasteiger partial charge on any atom is -0.494 e. The predicted molar refractivity (Wildman–Crippen MR) is 142 cm³/mol. The van der Waals surface area contributed by atoms with Crippen LogP contribution < -0.4 is 4.74 Å². The van der Waals surface area contributed by atoms with E-state index in [-0.39, 0.29) is 0 Å². The summed E-state index contributed by atoms with van der Waals surface area (Å²) in [5.41, 5.74) is 3.03. The van der Waals surface area contributed by atoms with Gasteiger partial charge in [0.2, 0.25) is 10.0 Å². The molecule has 2 aliphatic rings. The van der Waals surface area contributed by atoms with E-state index < -0.39 is 10.0 Å². The van der Waals surface area contributed by atoms with Gasteiger partial charge in [0, 0.05) is 24.9 Å². The minimum absolute atomic E-state index is 0.359. The Bertz CT molecular complexity index is 1260. The van der Waals surface area contributed by atoms with Gasteiger partial charge in [-0.2, -0.15) is 4.31 Å². The Labute approximate surface area is 213 Å². The van der Waals surface area contributed by atoms with Gasteiger partial charge < -0.3 is 9.30 Å². The maximum atomic E-state index is 13.4. The molecule has 1 saturated heterocycles. The van der Waals surface area contributed by atoms with Gasteiger partial charge in [-0.15, -0.1) is 0 Å². The lowest BCUT2D eigenvalue weighted by Gasteiger charge is -2.30. The van der Waals surface area contributed by atoms with Crippen molar-refractivity contribution < 1.29 is 13.2 Å². The number of ether oxygens (including phenoxy) is 1. The molecule has 35 heavy (non-hydrogen) atoms. The third-order valence-corrected chi connectivity index (χ3v) is 10.1. The fraction of sp³-hybridized carbons (Fsp3) is 0.519. The molecular formula is C27H35N3O3S2. The van der Waals surface area contributed by atoms with E-state index >= 15 is 0 Å². The first-order chi connectivity index (χ1) is 17.0. The molecule has 2 aromatic carbocycles. The van der Waals surface area contributed by atoms with Gasteiger partial charge in [0.25, 0.3) is 0 Å². The lowest BCUT2D eigenvalue weighted by Crippen LogP contribution is -2.39. The molecule has 0 radical (unpaired) electrons. The molecule has 3 aromatic rings. The molecule has 1 aliphatic heterocycles. The van der Waals surface area contributed by atoms with Gasteiger partial charge in [-0.05, 0) is 74.4 Å². The van der Waals surface area contributed by atoms with E-state index in [1.54, 1.807) is 28.2 Å². The van der Waals surface area contributed by atoms with Crippen LogP contribution in [-0.4, -0.2) is 42.0 Å². The highest BCUT2D eigenvalue weighted by molar-refractivity contribution is 7.98. The first-order valence-corrected chi connectivity index (χ1v) is 15.2. The molecule has 0 N–H and O–H groups in total. The third-order valence-electron chi connectivity index (χ3n) is 7.18. The second-order valence-electron chi connectivity index (χ2n) is 9.83. The van der Waals surface area contributed by atoms with E-state index in [1.807, 2.05) is 25.1 Å². The Kier molecular flexibility index (Phi) is 7.42. The van der Waals surface area contributed by atoms with Gasteiger partial charge in [-0.1, -0.05) is 43.7 Å². The van der Waals surface area contributed by atoms with Crippen molar-refractivity contribution in [2.45, 2.75) is 74.2 Å². The summed E-state index contributed by atoms with van der Waals surface area (Å²) in [6.07, 6.45) is 6.76. The van der Waals surface area contributed by atoms with E-state index in [2.05, 4.69) is 23.6 Å². The van der Waals surface area contributed by atoms with Crippen molar-refractivity contribution in [2.75, 3.05) is 19.7 Å². The van der Waals surface area contributed by atoms with Crippen LogP contribution in [0, 0.1) is 5.92 Å². The van der Waals surface area contributed by atoms with Gasteiger partial charge in [-0.3, -0.25) is 0 Å². The van der Waals surface area contributed by atoms with Crippen molar-refractivity contribution in [1.82, 2.24) is 13.9 Å². The van der Waals surface area contributed by atoms with Gasteiger partial charge in [-0.25, -0.2) is 13.4 Å². The average molecular weight is 514 g/mol. The standard InChI is InChI=1S/C27H35N3O3S2/c1-3-33-23-12-10-21(11-13-23)19-34-27-28-25-17-24(35(31,32)29-16-6-7-20(2)18-29)14-15-26(25)30(27)22-8-4-5-9-22/h10-15,17,20,22H,3-9,16,18-19H2,1-2H3/t20-/m1/s1. The van der Waals surface area contributed by atoms with Crippen LogP contribution in [0.5, 0.6) is 5.75 Å². The molecule has 6 nitrogen and oxygen atoms in total. The molecule has 2 heterocycles. The van der Waals surface area contributed by atoms with E-state index in [0.717, 1.165) is 53.4 Å². The lowest BCUT2D eigenvalue weighted by atomic mass is 10.0. The maximum absolute atomic E-state index is 13.4. The molecule has 0 unspecified atom stereocenters. The number of hydrogen-bond acceptors (Lipinski definition) is 5. The summed E-state index contributed by atoms with van der Waals surface area (Å²) in [6, 6.07) is 14.2. The summed E-state index contributed by atoms with van der Waals surface area (Å²) in [5.74, 6) is 2.09. The van der Waals surface area contributed by atoms with Crippen LogP contribution >= 0.6 is 11.8 Å². The van der Waals surface area contributed by atoms with Crippen molar-refractivity contribution in [2.24, 2.45) is 5.92 Å². The maximum Gasteiger partial charge on any atom is 0.243 e. The smallest absolute Gasteiger partial charge is 0.243 e. The van der Waals surface area contributed by atoms with Crippen LogP contribution in [-0.2, 0) is 15.8 Å². The SMILES string of the molecule is CCOc1ccc(CSc2nc3cc(S(=O)(=O)N4CCC[C@@H](C)C4)ccc3n2C2CCCC2)cc1. The number of thioether (sulfide) groups is 1. The zero-order valence-electron chi connectivity index (χ0n) is 20.7. The summed E-state index contributed by atoms with van der Waals surface area (Å²) in [6.45, 7) is 5.97. The second kappa shape index (κ2) is 10.5. The molecule has 1 saturated carbocycles. The largest absolute Gasteiger partial charge is 0.494 e. The molecule has 1 aromatic heterocycles. The number of benzene rings is 2. The number of imidazole rings is 1. The van der Waals surface area contributed by atoms with Crippen LogP contribution in [0.1, 0.15) is 64.0 Å². The predicted octanol–water partition coefficient (Wildman–Crippen LogP) is 6.26. The van der Waals surface area contributed by atoms with Gasteiger partial charge in [0.15, 0.2) is 5.16 Å². The number of piperidine rings is 1. The van der Waals surface area contributed by atoms with E-state index in [9.17, 15) is 8.42 Å². The van der Waals surface area contributed by atoms with Crippen molar-refractivity contribution in [3.63, 3.8) is 0 Å². The molecule has 8 heteroatoms. The number of fused-ring (bicyclic) bond motifs is 1. The first kappa shape index (κ1) is 24.7. The summed E-state index contributed by atoms with van der Waals surface area (Å²) in [4.78, 5) is 5.33. The Morgan fingerprint density at radius 3 is 2.54 bits per heavy atom. The van der Waals surface area contributed by atoms with Crippen LogP contribution in [0.25, 0.3) is 11.0 Å². The Morgan fingerprint density at radius 2 is 1.83 bits per heavy atom. The molecular weight excluding hydrogens is 478 g/mol. The topological polar surface area (TPSA) is 64.4 Å². The Morgan fingerprint density at radius 1 is 1.06 bits per heavy atom. The van der Waals surface area contributed by atoms with Crippen molar-refractivity contribution in [3.05, 3.63) is 48.0 Å². The monoisotopic (exact) mass is 513 g/mol. The minimum atomic E-state index is -3.51. The summed E-state index contributed by atoms with van der Waals surface area (Å²) in [5, 5.41) is 0.974. The molecule has 5 rings (SSSR count). The zero-order valence-corrected chi connectivity index (χ0v) is 22.3. The quantitative estimate of drug-likeness (QED) is 0.333. The fourth-order valence-electron chi connectivity index (χ4n) is 5.34. The molecule has 188 valence electrons. The van der Waals surface area contributed by atoms with Crippen molar-refractivity contribution >= 4 is 32.8 Å². The van der Waals surface area contributed by atoms with Crippen LogP contribution in [0.2, 0.25) is 0 Å². The van der Waals surface area contributed by atoms with Crippen molar-refractivity contribution in [3.8, 4) is 5.75 Å². The first-order valence-electron chi connectivity index (χ1n) is 12.8. The fourth-order valence-corrected chi connectivity index (χ4v) is 8.00. The lowest BCUT2D eigenvalue weighted by molar-refractivity contribution is 0.281. The number of aromatic nitrogens is 2.